The van der Waals surface area contributed by atoms with Crippen molar-refractivity contribution < 1.29 is 8.42 Å². The van der Waals surface area contributed by atoms with Crippen LogP contribution in [0, 0.1) is 11.3 Å². The first kappa shape index (κ1) is 15.4. The van der Waals surface area contributed by atoms with Gasteiger partial charge in [0.25, 0.3) is 10.2 Å². The zero-order valence-electron chi connectivity index (χ0n) is 11.1. The van der Waals surface area contributed by atoms with Crippen molar-refractivity contribution in [2.75, 3.05) is 20.6 Å². The fourth-order valence-electron chi connectivity index (χ4n) is 1.56. The number of nitriles is 1. The first-order valence-electron chi connectivity index (χ1n) is 5.69. The molecule has 0 saturated carbocycles. The molecule has 0 aliphatic carbocycles. The van der Waals surface area contributed by atoms with Crippen LogP contribution < -0.4 is 0 Å². The summed E-state index contributed by atoms with van der Waals surface area (Å²) in [5.74, 6) is 0. The van der Waals surface area contributed by atoms with Crippen molar-refractivity contribution in [3.63, 3.8) is 0 Å². The second-order valence-electron chi connectivity index (χ2n) is 4.18. The van der Waals surface area contributed by atoms with E-state index in [0.29, 0.717) is 5.56 Å². The van der Waals surface area contributed by atoms with Crippen molar-refractivity contribution in [1.29, 1.82) is 5.26 Å². The fraction of sp³-hybridized carbons (Fsp3) is 0.308. The van der Waals surface area contributed by atoms with Gasteiger partial charge in [-0.25, -0.2) is 0 Å². The summed E-state index contributed by atoms with van der Waals surface area (Å²) in [6, 6.07) is 8.93. The van der Waals surface area contributed by atoms with Gasteiger partial charge in [0.1, 0.15) is 0 Å². The quantitative estimate of drug-likeness (QED) is 0.738. The number of rotatable bonds is 6. The largest absolute Gasteiger partial charge is 0.282 e. The van der Waals surface area contributed by atoms with E-state index in [1.807, 2.05) is 6.07 Å². The van der Waals surface area contributed by atoms with Crippen LogP contribution in [0.25, 0.3) is 0 Å². The lowest BCUT2D eigenvalue weighted by molar-refractivity contribution is 0.393. The maximum atomic E-state index is 12.1. The van der Waals surface area contributed by atoms with Gasteiger partial charge in [0.05, 0.1) is 11.6 Å². The molecule has 0 aromatic heterocycles. The summed E-state index contributed by atoms with van der Waals surface area (Å²) in [5, 5.41) is 8.84. The zero-order valence-corrected chi connectivity index (χ0v) is 11.9. The Hall–Kier alpha value is -1.68. The average molecular weight is 279 g/mol. The summed E-state index contributed by atoms with van der Waals surface area (Å²) in [6.07, 6.45) is 1.54. The third-order valence-electron chi connectivity index (χ3n) is 2.54. The number of hydrogen-bond donors (Lipinski definition) is 0. The monoisotopic (exact) mass is 279 g/mol. The highest BCUT2D eigenvalue weighted by Gasteiger charge is 2.23. The minimum atomic E-state index is -3.51. The summed E-state index contributed by atoms with van der Waals surface area (Å²) < 4.78 is 26.7. The van der Waals surface area contributed by atoms with E-state index < -0.39 is 10.2 Å². The van der Waals surface area contributed by atoms with Gasteiger partial charge in [-0.3, -0.25) is 0 Å². The van der Waals surface area contributed by atoms with Gasteiger partial charge in [0.2, 0.25) is 0 Å². The Morgan fingerprint density at radius 1 is 1.42 bits per heavy atom. The summed E-state index contributed by atoms with van der Waals surface area (Å²) in [6.45, 7) is 4.00. The molecule has 1 rings (SSSR count). The van der Waals surface area contributed by atoms with Crippen molar-refractivity contribution in [2.24, 2.45) is 0 Å². The summed E-state index contributed by atoms with van der Waals surface area (Å²) in [4.78, 5) is 0. The van der Waals surface area contributed by atoms with Crippen LogP contribution in [0.15, 0.2) is 36.9 Å². The van der Waals surface area contributed by atoms with E-state index in [2.05, 4.69) is 6.58 Å². The van der Waals surface area contributed by atoms with Crippen molar-refractivity contribution in [2.45, 2.75) is 6.54 Å². The maximum absolute atomic E-state index is 12.1. The molecule has 1 aromatic rings. The van der Waals surface area contributed by atoms with Gasteiger partial charge in [-0.15, -0.1) is 6.58 Å². The molecule has 0 unspecified atom stereocenters. The Labute approximate surface area is 114 Å². The second-order valence-corrected chi connectivity index (χ2v) is 6.33. The lowest BCUT2D eigenvalue weighted by Crippen LogP contribution is -2.39. The zero-order chi connectivity index (χ0) is 14.5. The Morgan fingerprint density at radius 3 is 2.63 bits per heavy atom. The highest BCUT2D eigenvalue weighted by Crippen LogP contribution is 2.12. The van der Waals surface area contributed by atoms with E-state index in [4.69, 9.17) is 5.26 Å². The molecule has 0 N–H and O–H groups in total. The SMILES string of the molecule is C=CCN(Cc1cccc(C#N)c1)S(=O)(=O)N(C)C. The van der Waals surface area contributed by atoms with E-state index in [1.54, 1.807) is 24.3 Å². The number of hydrogen-bond acceptors (Lipinski definition) is 3. The predicted octanol–water partition coefficient (Wildman–Crippen LogP) is 1.35. The molecule has 0 radical (unpaired) electrons. The molecule has 0 amide bonds. The van der Waals surface area contributed by atoms with Crippen molar-refractivity contribution in [3.05, 3.63) is 48.0 Å². The van der Waals surface area contributed by atoms with Gasteiger partial charge in [0, 0.05) is 27.2 Å². The molecule has 0 fully saturated rings. The third kappa shape index (κ3) is 3.89. The summed E-state index contributed by atoms with van der Waals surface area (Å²) >= 11 is 0. The van der Waals surface area contributed by atoms with E-state index in [-0.39, 0.29) is 13.1 Å². The van der Waals surface area contributed by atoms with E-state index >= 15 is 0 Å². The van der Waals surface area contributed by atoms with Crippen molar-refractivity contribution in [1.82, 2.24) is 8.61 Å². The highest BCUT2D eigenvalue weighted by molar-refractivity contribution is 7.86. The highest BCUT2D eigenvalue weighted by atomic mass is 32.2. The standard InChI is InChI=1S/C13H17N3O2S/c1-4-8-16(19(17,18)15(2)3)11-13-7-5-6-12(9-13)10-14/h4-7,9H,1,8,11H2,2-3H3. The predicted molar refractivity (Wildman–Crippen MR) is 74.4 cm³/mol. The molecule has 0 atom stereocenters. The molecule has 19 heavy (non-hydrogen) atoms. The minimum absolute atomic E-state index is 0.210. The van der Waals surface area contributed by atoms with Crippen LogP contribution in [-0.4, -0.2) is 37.7 Å². The molecule has 0 spiro atoms. The smallest absolute Gasteiger partial charge is 0.195 e. The molecular formula is C13H17N3O2S. The van der Waals surface area contributed by atoms with Gasteiger partial charge in [-0.1, -0.05) is 18.2 Å². The number of benzene rings is 1. The van der Waals surface area contributed by atoms with Gasteiger partial charge >= 0.3 is 0 Å². The molecule has 6 heteroatoms. The molecule has 0 aliphatic rings. The first-order valence-corrected chi connectivity index (χ1v) is 7.09. The van der Waals surface area contributed by atoms with E-state index in [0.717, 1.165) is 9.87 Å². The van der Waals surface area contributed by atoms with Crippen molar-refractivity contribution in [3.8, 4) is 6.07 Å². The molecule has 5 nitrogen and oxygen atoms in total. The molecule has 0 bridgehead atoms. The van der Waals surface area contributed by atoms with Crippen LogP contribution in [0.2, 0.25) is 0 Å². The lowest BCUT2D eigenvalue weighted by atomic mass is 10.1. The topological polar surface area (TPSA) is 64.4 Å². The number of nitrogens with zero attached hydrogens (tertiary/aromatic N) is 3. The van der Waals surface area contributed by atoms with Crippen LogP contribution in [0.3, 0.4) is 0 Å². The molecule has 102 valence electrons. The Kier molecular flexibility index (Phi) is 5.24. The lowest BCUT2D eigenvalue weighted by Gasteiger charge is -2.24. The van der Waals surface area contributed by atoms with Gasteiger partial charge < -0.3 is 0 Å². The molecule has 0 saturated heterocycles. The maximum Gasteiger partial charge on any atom is 0.282 e. The van der Waals surface area contributed by atoms with E-state index in [1.165, 1.54) is 24.5 Å². The van der Waals surface area contributed by atoms with Gasteiger partial charge in [-0.05, 0) is 17.7 Å². The average Bonchev–Trinajstić information content (AvgIpc) is 2.38. The van der Waals surface area contributed by atoms with Crippen molar-refractivity contribution >= 4 is 10.2 Å². The van der Waals surface area contributed by atoms with Gasteiger partial charge in [0.15, 0.2) is 0 Å². The van der Waals surface area contributed by atoms with Crippen LogP contribution >= 0.6 is 0 Å². The molecule has 1 aromatic carbocycles. The Bertz CT molecular complexity index is 588. The molecule has 0 heterocycles. The van der Waals surface area contributed by atoms with Crippen LogP contribution in [-0.2, 0) is 16.8 Å². The summed E-state index contributed by atoms with van der Waals surface area (Å²) in [5.41, 5.74) is 1.28. The Morgan fingerprint density at radius 2 is 2.11 bits per heavy atom. The normalized spacial score (nSPS) is 11.5. The minimum Gasteiger partial charge on any atom is -0.195 e. The molecular weight excluding hydrogens is 262 g/mol. The third-order valence-corrected chi connectivity index (χ3v) is 4.39. The second kappa shape index (κ2) is 6.48. The van der Waals surface area contributed by atoms with Crippen LogP contribution in [0.1, 0.15) is 11.1 Å². The Balaban J connectivity index is 3.03. The van der Waals surface area contributed by atoms with Crippen LogP contribution in [0.5, 0.6) is 0 Å². The first-order chi connectivity index (χ1) is 8.91. The van der Waals surface area contributed by atoms with Gasteiger partial charge in [-0.2, -0.15) is 22.3 Å². The molecule has 0 aliphatic heterocycles. The fourth-order valence-corrected chi connectivity index (χ4v) is 2.63. The summed E-state index contributed by atoms with van der Waals surface area (Å²) in [7, 11) is -0.540. The van der Waals surface area contributed by atoms with E-state index in [9.17, 15) is 8.42 Å². The van der Waals surface area contributed by atoms with Crippen LogP contribution in [0.4, 0.5) is 0 Å².